The molecule has 0 radical (unpaired) electrons. The third-order valence-electron chi connectivity index (χ3n) is 4.32. The molecule has 0 bridgehead atoms. The third kappa shape index (κ3) is 3.87. The Hall–Kier alpha value is -1.84. The first-order valence-corrected chi connectivity index (χ1v) is 8.36. The van der Waals surface area contributed by atoms with Crippen molar-refractivity contribution in [2.24, 2.45) is 0 Å². The molecule has 120 valence electrons. The van der Waals surface area contributed by atoms with Crippen LogP contribution in [0.5, 0.6) is 0 Å². The second kappa shape index (κ2) is 7.97. The summed E-state index contributed by atoms with van der Waals surface area (Å²) in [5.74, 6) is 0.113. The molecular weight excluding hydrogens is 276 g/mol. The zero-order valence-electron chi connectivity index (χ0n) is 13.7. The van der Waals surface area contributed by atoms with E-state index in [1.165, 1.54) is 12.8 Å². The molecule has 0 saturated carbocycles. The van der Waals surface area contributed by atoms with Gasteiger partial charge < -0.3 is 9.80 Å². The van der Waals surface area contributed by atoms with E-state index in [4.69, 9.17) is 0 Å². The molecule has 22 heavy (non-hydrogen) atoms. The SMILES string of the molecule is CCN(CC)C(=O)c1ccc(C(=O)N2CCCCCC2)cc1. The van der Waals surface area contributed by atoms with Crippen LogP contribution in [0, 0.1) is 0 Å². The Morgan fingerprint density at radius 3 is 1.91 bits per heavy atom. The summed E-state index contributed by atoms with van der Waals surface area (Å²) in [5.41, 5.74) is 1.33. The van der Waals surface area contributed by atoms with Gasteiger partial charge in [0.25, 0.3) is 11.8 Å². The van der Waals surface area contributed by atoms with Crippen LogP contribution in [-0.2, 0) is 0 Å². The molecular formula is C18H26N2O2. The molecule has 2 rings (SSSR count). The van der Waals surface area contributed by atoms with Gasteiger partial charge in [0.05, 0.1) is 0 Å². The van der Waals surface area contributed by atoms with Gasteiger partial charge in [0.15, 0.2) is 0 Å². The van der Waals surface area contributed by atoms with Gasteiger partial charge in [0.1, 0.15) is 0 Å². The first-order chi connectivity index (χ1) is 10.7. The average Bonchev–Trinajstić information content (AvgIpc) is 2.84. The highest BCUT2D eigenvalue weighted by Crippen LogP contribution is 2.14. The predicted octanol–water partition coefficient (Wildman–Crippen LogP) is 3.18. The molecule has 4 heteroatoms. The zero-order valence-corrected chi connectivity index (χ0v) is 13.7. The van der Waals surface area contributed by atoms with Gasteiger partial charge in [-0.15, -0.1) is 0 Å². The summed E-state index contributed by atoms with van der Waals surface area (Å²) in [6.45, 7) is 7.03. The maximum atomic E-state index is 12.5. The lowest BCUT2D eigenvalue weighted by Gasteiger charge is -2.21. The lowest BCUT2D eigenvalue weighted by atomic mass is 10.1. The van der Waals surface area contributed by atoms with Crippen LogP contribution in [0.2, 0.25) is 0 Å². The van der Waals surface area contributed by atoms with Gasteiger partial charge >= 0.3 is 0 Å². The van der Waals surface area contributed by atoms with Crippen molar-refractivity contribution in [3.05, 3.63) is 35.4 Å². The molecule has 0 atom stereocenters. The maximum absolute atomic E-state index is 12.5. The Labute approximate surface area is 133 Å². The van der Waals surface area contributed by atoms with Crippen molar-refractivity contribution >= 4 is 11.8 Å². The smallest absolute Gasteiger partial charge is 0.253 e. The van der Waals surface area contributed by atoms with Crippen LogP contribution >= 0.6 is 0 Å². The van der Waals surface area contributed by atoms with Crippen molar-refractivity contribution in [1.29, 1.82) is 0 Å². The molecule has 0 aromatic heterocycles. The first kappa shape index (κ1) is 16.5. The van der Waals surface area contributed by atoms with Crippen LogP contribution in [0.4, 0.5) is 0 Å². The fourth-order valence-electron chi connectivity index (χ4n) is 2.91. The van der Waals surface area contributed by atoms with E-state index >= 15 is 0 Å². The van der Waals surface area contributed by atoms with Crippen LogP contribution in [0.15, 0.2) is 24.3 Å². The molecule has 1 heterocycles. The van der Waals surface area contributed by atoms with Crippen LogP contribution in [-0.4, -0.2) is 47.8 Å². The van der Waals surface area contributed by atoms with E-state index in [1.807, 2.05) is 18.7 Å². The van der Waals surface area contributed by atoms with Crippen molar-refractivity contribution in [3.63, 3.8) is 0 Å². The summed E-state index contributed by atoms with van der Waals surface area (Å²) in [4.78, 5) is 28.5. The van der Waals surface area contributed by atoms with Crippen molar-refractivity contribution in [1.82, 2.24) is 9.80 Å². The lowest BCUT2D eigenvalue weighted by Crippen LogP contribution is -2.32. The highest BCUT2D eigenvalue weighted by atomic mass is 16.2. The predicted molar refractivity (Wildman–Crippen MR) is 88.1 cm³/mol. The Morgan fingerprint density at radius 2 is 1.41 bits per heavy atom. The van der Waals surface area contributed by atoms with Gasteiger partial charge in [0.2, 0.25) is 0 Å². The number of nitrogens with zero attached hydrogens (tertiary/aromatic N) is 2. The molecule has 4 nitrogen and oxygen atoms in total. The fraction of sp³-hybridized carbons (Fsp3) is 0.556. The molecule has 1 aromatic carbocycles. The Kier molecular flexibility index (Phi) is 5.99. The van der Waals surface area contributed by atoms with E-state index in [2.05, 4.69) is 0 Å². The summed E-state index contributed by atoms with van der Waals surface area (Å²) in [5, 5.41) is 0. The zero-order chi connectivity index (χ0) is 15.9. The van der Waals surface area contributed by atoms with Crippen molar-refractivity contribution in [2.45, 2.75) is 39.5 Å². The van der Waals surface area contributed by atoms with E-state index in [9.17, 15) is 9.59 Å². The van der Waals surface area contributed by atoms with Gasteiger partial charge in [-0.2, -0.15) is 0 Å². The summed E-state index contributed by atoms with van der Waals surface area (Å²) in [7, 11) is 0. The summed E-state index contributed by atoms with van der Waals surface area (Å²) in [6.07, 6.45) is 4.59. The van der Waals surface area contributed by atoms with E-state index in [1.54, 1.807) is 29.2 Å². The van der Waals surface area contributed by atoms with Crippen LogP contribution < -0.4 is 0 Å². The molecule has 0 aliphatic carbocycles. The minimum absolute atomic E-state index is 0.0266. The standard InChI is InChI=1S/C18H26N2O2/c1-3-19(4-2)17(21)15-9-11-16(12-10-15)18(22)20-13-7-5-6-8-14-20/h9-12H,3-8,13-14H2,1-2H3. The highest BCUT2D eigenvalue weighted by Gasteiger charge is 2.18. The Morgan fingerprint density at radius 1 is 0.909 bits per heavy atom. The molecule has 1 aromatic rings. The van der Waals surface area contributed by atoms with Crippen LogP contribution in [0.1, 0.15) is 60.2 Å². The van der Waals surface area contributed by atoms with Crippen LogP contribution in [0.25, 0.3) is 0 Å². The number of likely N-dealkylation sites (tertiary alicyclic amines) is 1. The summed E-state index contributed by atoms with van der Waals surface area (Å²) in [6, 6.07) is 7.10. The van der Waals surface area contributed by atoms with Crippen molar-refractivity contribution in [3.8, 4) is 0 Å². The average molecular weight is 302 g/mol. The number of carbonyl (C=O) groups is 2. The molecule has 0 spiro atoms. The normalized spacial score (nSPS) is 15.3. The van der Waals surface area contributed by atoms with Gasteiger partial charge in [-0.1, -0.05) is 12.8 Å². The minimum Gasteiger partial charge on any atom is -0.339 e. The van der Waals surface area contributed by atoms with Crippen LogP contribution in [0.3, 0.4) is 0 Å². The number of carbonyl (C=O) groups excluding carboxylic acids is 2. The number of rotatable bonds is 4. The number of amides is 2. The molecule has 1 saturated heterocycles. The van der Waals surface area contributed by atoms with Crippen molar-refractivity contribution in [2.75, 3.05) is 26.2 Å². The third-order valence-corrected chi connectivity index (χ3v) is 4.32. The van der Waals surface area contributed by atoms with E-state index in [0.717, 1.165) is 25.9 Å². The maximum Gasteiger partial charge on any atom is 0.253 e. The number of hydrogen-bond acceptors (Lipinski definition) is 2. The van der Waals surface area contributed by atoms with Gasteiger partial charge in [-0.3, -0.25) is 9.59 Å². The first-order valence-electron chi connectivity index (χ1n) is 8.36. The second-order valence-corrected chi connectivity index (χ2v) is 5.76. The molecule has 0 N–H and O–H groups in total. The van der Waals surface area contributed by atoms with E-state index in [0.29, 0.717) is 24.2 Å². The topological polar surface area (TPSA) is 40.6 Å². The highest BCUT2D eigenvalue weighted by molar-refractivity contribution is 5.97. The fourth-order valence-corrected chi connectivity index (χ4v) is 2.91. The quantitative estimate of drug-likeness (QED) is 0.857. The molecule has 1 aliphatic heterocycles. The van der Waals surface area contributed by atoms with Gasteiger partial charge in [-0.25, -0.2) is 0 Å². The summed E-state index contributed by atoms with van der Waals surface area (Å²) >= 11 is 0. The van der Waals surface area contributed by atoms with E-state index < -0.39 is 0 Å². The van der Waals surface area contributed by atoms with Gasteiger partial charge in [-0.05, 0) is 51.0 Å². The van der Waals surface area contributed by atoms with E-state index in [-0.39, 0.29) is 11.8 Å². The Balaban J connectivity index is 2.07. The second-order valence-electron chi connectivity index (χ2n) is 5.76. The number of benzene rings is 1. The summed E-state index contributed by atoms with van der Waals surface area (Å²) < 4.78 is 0. The number of hydrogen-bond donors (Lipinski definition) is 0. The molecule has 1 aliphatic rings. The van der Waals surface area contributed by atoms with Gasteiger partial charge in [0, 0.05) is 37.3 Å². The molecule has 1 fully saturated rings. The molecule has 2 amide bonds. The van der Waals surface area contributed by atoms with Crippen molar-refractivity contribution < 1.29 is 9.59 Å². The monoisotopic (exact) mass is 302 g/mol. The largest absolute Gasteiger partial charge is 0.339 e. The lowest BCUT2D eigenvalue weighted by molar-refractivity contribution is 0.0754. The Bertz CT molecular complexity index is 498. The minimum atomic E-state index is 0.0266. The molecule has 0 unspecified atom stereocenters.